The number of hydrogen-bond donors (Lipinski definition) is 2. The van der Waals surface area contributed by atoms with Crippen LogP contribution in [-0.4, -0.2) is 32.2 Å². The highest BCUT2D eigenvalue weighted by atomic mass is 35.5. The summed E-state index contributed by atoms with van der Waals surface area (Å²) in [7, 11) is -3.23. The van der Waals surface area contributed by atoms with E-state index < -0.39 is 14.6 Å². The van der Waals surface area contributed by atoms with Crippen molar-refractivity contribution in [2.45, 2.75) is 37.7 Å². The summed E-state index contributed by atoms with van der Waals surface area (Å²) in [5, 5.41) is 6.03. The average molecular weight is 361 g/mol. The number of carbonyl (C=O) groups excluding carboxylic acids is 1. The highest BCUT2D eigenvalue weighted by Gasteiger charge is 2.29. The summed E-state index contributed by atoms with van der Waals surface area (Å²) in [6, 6.07) is 7.07. The van der Waals surface area contributed by atoms with E-state index in [4.69, 9.17) is 0 Å². The quantitative estimate of drug-likeness (QED) is 0.864. The van der Waals surface area contributed by atoms with Crippen molar-refractivity contribution in [1.29, 1.82) is 0 Å². The smallest absolute Gasteiger partial charge is 0.228 e. The Labute approximate surface area is 144 Å². The number of hydrogen-bond acceptors (Lipinski definition) is 4. The van der Waals surface area contributed by atoms with Gasteiger partial charge in [0.05, 0.1) is 16.4 Å². The van der Waals surface area contributed by atoms with Gasteiger partial charge in [-0.2, -0.15) is 0 Å². The maximum atomic E-state index is 12.3. The van der Waals surface area contributed by atoms with Gasteiger partial charge in [0.1, 0.15) is 0 Å². The molecule has 1 atom stereocenters. The first kappa shape index (κ1) is 19.9. The van der Waals surface area contributed by atoms with Crippen LogP contribution >= 0.6 is 12.4 Å². The summed E-state index contributed by atoms with van der Waals surface area (Å²) < 4.78 is 23.7. The van der Waals surface area contributed by atoms with Gasteiger partial charge >= 0.3 is 0 Å². The molecule has 23 heavy (non-hydrogen) atoms. The van der Waals surface area contributed by atoms with Gasteiger partial charge in [0, 0.05) is 12.2 Å². The summed E-state index contributed by atoms with van der Waals surface area (Å²) in [4.78, 5) is 12.1. The molecule has 1 aliphatic rings. The Morgan fingerprint density at radius 2 is 2.04 bits per heavy atom. The van der Waals surface area contributed by atoms with Gasteiger partial charge in [-0.1, -0.05) is 12.1 Å². The molecule has 0 spiro atoms. The van der Waals surface area contributed by atoms with Crippen molar-refractivity contribution in [1.82, 2.24) is 5.32 Å². The molecule has 1 aliphatic heterocycles. The Bertz CT molecular complexity index is 648. The van der Waals surface area contributed by atoms with Crippen LogP contribution in [0.1, 0.15) is 32.8 Å². The lowest BCUT2D eigenvalue weighted by atomic mass is 10.1. The van der Waals surface area contributed by atoms with Crippen LogP contribution < -0.4 is 10.6 Å². The summed E-state index contributed by atoms with van der Waals surface area (Å²) in [5.74, 6) is -0.0478. The third-order valence-corrected chi connectivity index (χ3v) is 6.49. The van der Waals surface area contributed by atoms with Gasteiger partial charge < -0.3 is 10.6 Å². The number of rotatable bonds is 4. The minimum absolute atomic E-state index is 0. The van der Waals surface area contributed by atoms with Crippen LogP contribution in [0.4, 0.5) is 5.69 Å². The van der Waals surface area contributed by atoms with Crippen LogP contribution in [0.15, 0.2) is 24.3 Å². The monoisotopic (exact) mass is 360 g/mol. The van der Waals surface area contributed by atoms with E-state index >= 15 is 0 Å². The topological polar surface area (TPSA) is 75.3 Å². The second-order valence-electron chi connectivity index (χ2n) is 6.75. The Balaban J connectivity index is 0.00000264. The van der Waals surface area contributed by atoms with Gasteiger partial charge in [-0.15, -0.1) is 12.4 Å². The summed E-state index contributed by atoms with van der Waals surface area (Å²) in [6.45, 7) is 6.65. The molecule has 5 nitrogen and oxygen atoms in total. The zero-order valence-corrected chi connectivity index (χ0v) is 15.4. The third kappa shape index (κ3) is 5.19. The van der Waals surface area contributed by atoms with E-state index in [-0.39, 0.29) is 30.0 Å². The normalized spacial score (nSPS) is 18.3. The van der Waals surface area contributed by atoms with Gasteiger partial charge in [0.25, 0.3) is 0 Å². The number of halogens is 1. The highest BCUT2D eigenvalue weighted by molar-refractivity contribution is 7.91. The van der Waals surface area contributed by atoms with E-state index in [2.05, 4.69) is 10.6 Å². The Morgan fingerprint density at radius 1 is 1.35 bits per heavy atom. The van der Waals surface area contributed by atoms with Crippen LogP contribution in [0, 0.1) is 5.92 Å². The number of anilines is 1. The first-order valence-electron chi connectivity index (χ1n) is 7.52. The number of amides is 1. The van der Waals surface area contributed by atoms with E-state index in [1.165, 1.54) is 0 Å². The third-order valence-electron chi connectivity index (χ3n) is 3.92. The first-order valence-corrected chi connectivity index (χ1v) is 9.17. The van der Waals surface area contributed by atoms with E-state index in [0.29, 0.717) is 17.8 Å². The van der Waals surface area contributed by atoms with Crippen LogP contribution in [0.5, 0.6) is 0 Å². The van der Waals surface area contributed by atoms with Crippen molar-refractivity contribution in [2.75, 3.05) is 18.4 Å². The van der Waals surface area contributed by atoms with Crippen molar-refractivity contribution in [2.24, 2.45) is 5.92 Å². The lowest BCUT2D eigenvalue weighted by Gasteiger charge is -2.19. The van der Waals surface area contributed by atoms with Crippen molar-refractivity contribution in [3.8, 4) is 0 Å². The summed E-state index contributed by atoms with van der Waals surface area (Å²) in [5.41, 5.74) is 1.34. The molecule has 1 unspecified atom stereocenters. The van der Waals surface area contributed by atoms with Crippen LogP contribution in [0.3, 0.4) is 0 Å². The number of sulfone groups is 1. The second kappa shape index (κ2) is 7.64. The van der Waals surface area contributed by atoms with Crippen LogP contribution in [0.2, 0.25) is 0 Å². The molecule has 0 aromatic heterocycles. The average Bonchev–Trinajstić information content (AvgIpc) is 2.91. The molecule has 1 heterocycles. The summed E-state index contributed by atoms with van der Waals surface area (Å²) >= 11 is 0. The molecular weight excluding hydrogens is 336 g/mol. The Hall–Kier alpha value is -1.11. The molecule has 1 saturated heterocycles. The van der Waals surface area contributed by atoms with Crippen molar-refractivity contribution >= 4 is 33.8 Å². The van der Waals surface area contributed by atoms with E-state index in [9.17, 15) is 13.2 Å². The number of nitrogens with one attached hydrogen (secondary N) is 2. The molecule has 0 saturated carbocycles. The van der Waals surface area contributed by atoms with Crippen molar-refractivity contribution in [3.63, 3.8) is 0 Å². The fourth-order valence-corrected chi connectivity index (χ4v) is 3.35. The molecule has 0 aliphatic carbocycles. The first-order chi connectivity index (χ1) is 10.2. The lowest BCUT2D eigenvalue weighted by Crippen LogP contribution is -2.29. The van der Waals surface area contributed by atoms with Crippen molar-refractivity contribution < 1.29 is 13.2 Å². The molecular formula is C16H25ClN2O3S. The molecule has 0 radical (unpaired) electrons. The molecule has 0 bridgehead atoms. The zero-order chi connectivity index (χ0) is 16.4. The molecule has 2 N–H and O–H groups in total. The Kier molecular flexibility index (Phi) is 6.62. The van der Waals surface area contributed by atoms with E-state index in [1.807, 2.05) is 0 Å². The van der Waals surface area contributed by atoms with Gasteiger partial charge in [0.15, 0.2) is 9.84 Å². The molecule has 1 amide bonds. The van der Waals surface area contributed by atoms with Gasteiger partial charge in [-0.3, -0.25) is 4.79 Å². The van der Waals surface area contributed by atoms with Crippen LogP contribution in [0.25, 0.3) is 0 Å². The zero-order valence-electron chi connectivity index (χ0n) is 13.8. The molecule has 1 fully saturated rings. The standard InChI is InChI=1S/C16H24N2O3S.ClH/c1-16(2,3)22(20,21)11-12-5-4-6-14(9-12)18-15(19)13-7-8-17-10-13;/h4-6,9,13,17H,7-8,10-11H2,1-3H3,(H,18,19);1H. The minimum atomic E-state index is -3.23. The molecule has 1 aromatic carbocycles. The lowest BCUT2D eigenvalue weighted by molar-refractivity contribution is -0.119. The van der Waals surface area contributed by atoms with E-state index in [0.717, 1.165) is 13.0 Å². The molecule has 130 valence electrons. The molecule has 2 rings (SSSR count). The predicted octanol–water partition coefficient (Wildman–Crippen LogP) is 2.37. The second-order valence-corrected chi connectivity index (χ2v) is 9.49. The number of benzene rings is 1. The minimum Gasteiger partial charge on any atom is -0.326 e. The fourth-order valence-electron chi connectivity index (χ4n) is 2.30. The molecule has 7 heteroatoms. The maximum Gasteiger partial charge on any atom is 0.228 e. The predicted molar refractivity (Wildman–Crippen MR) is 95.7 cm³/mol. The fraction of sp³-hybridized carbons (Fsp3) is 0.562. The number of carbonyl (C=O) groups is 1. The van der Waals surface area contributed by atoms with Gasteiger partial charge in [0.2, 0.25) is 5.91 Å². The Morgan fingerprint density at radius 3 is 2.61 bits per heavy atom. The SMILES string of the molecule is CC(C)(C)S(=O)(=O)Cc1cccc(NC(=O)C2CCNC2)c1.Cl. The van der Waals surface area contributed by atoms with Crippen LogP contribution in [-0.2, 0) is 20.4 Å². The maximum absolute atomic E-state index is 12.3. The van der Waals surface area contributed by atoms with Crippen molar-refractivity contribution in [3.05, 3.63) is 29.8 Å². The van der Waals surface area contributed by atoms with E-state index in [1.54, 1.807) is 45.0 Å². The highest BCUT2D eigenvalue weighted by Crippen LogP contribution is 2.22. The van der Waals surface area contributed by atoms with Gasteiger partial charge in [-0.25, -0.2) is 8.42 Å². The summed E-state index contributed by atoms with van der Waals surface area (Å²) in [6.07, 6.45) is 0.837. The largest absolute Gasteiger partial charge is 0.326 e. The molecule has 1 aromatic rings. The van der Waals surface area contributed by atoms with Gasteiger partial charge in [-0.05, 0) is 51.4 Å².